The van der Waals surface area contributed by atoms with Gasteiger partial charge in [-0.2, -0.15) is 0 Å². The molecule has 0 amide bonds. The van der Waals surface area contributed by atoms with Gasteiger partial charge in [0.25, 0.3) is 0 Å². The molecule has 5 nitrogen and oxygen atoms in total. The number of carbonyl (C=O) groups is 2. The molecular weight excluding hydrogens is 212 g/mol. The van der Waals surface area contributed by atoms with E-state index in [2.05, 4.69) is 0 Å². The lowest BCUT2D eigenvalue weighted by Gasteiger charge is -2.20. The average molecular weight is 224 g/mol. The normalized spacial score (nSPS) is 11.2. The van der Waals surface area contributed by atoms with Crippen molar-refractivity contribution in [1.29, 1.82) is 0 Å². The molecule has 1 aromatic carbocycles. The number of rotatable bonds is 3. The lowest BCUT2D eigenvalue weighted by atomic mass is 9.91. The van der Waals surface area contributed by atoms with Crippen molar-refractivity contribution in [2.24, 2.45) is 0 Å². The van der Waals surface area contributed by atoms with E-state index in [-0.39, 0.29) is 16.7 Å². The van der Waals surface area contributed by atoms with Gasteiger partial charge in [-0.15, -0.1) is 0 Å². The lowest BCUT2D eigenvalue weighted by Crippen LogP contribution is -2.21. The molecule has 0 heterocycles. The van der Waals surface area contributed by atoms with Gasteiger partial charge >= 0.3 is 11.9 Å². The maximum atomic E-state index is 10.9. The van der Waals surface area contributed by atoms with Crippen LogP contribution in [0.15, 0.2) is 18.2 Å². The molecule has 0 saturated heterocycles. The van der Waals surface area contributed by atoms with Crippen LogP contribution in [-0.4, -0.2) is 27.3 Å². The molecule has 0 aliphatic heterocycles. The van der Waals surface area contributed by atoms with Gasteiger partial charge in [-0.3, -0.25) is 0 Å². The number of carboxylic acids is 2. The summed E-state index contributed by atoms with van der Waals surface area (Å²) in [4.78, 5) is 21.6. The summed E-state index contributed by atoms with van der Waals surface area (Å²) >= 11 is 0. The van der Waals surface area contributed by atoms with E-state index in [1.807, 2.05) is 0 Å². The minimum Gasteiger partial charge on any atom is -0.478 e. The summed E-state index contributed by atoms with van der Waals surface area (Å²) in [6.45, 7) is 2.81. The topological polar surface area (TPSA) is 94.8 Å². The van der Waals surface area contributed by atoms with Crippen LogP contribution in [0.5, 0.6) is 0 Å². The SMILES string of the molecule is CC(C)(O)c1cc(C(=O)O)ccc1C(=O)O. The average Bonchev–Trinajstić information content (AvgIpc) is 2.15. The van der Waals surface area contributed by atoms with Gasteiger partial charge in [-0.25, -0.2) is 9.59 Å². The third kappa shape index (κ3) is 2.38. The van der Waals surface area contributed by atoms with Crippen molar-refractivity contribution in [3.05, 3.63) is 34.9 Å². The predicted octanol–water partition coefficient (Wildman–Crippen LogP) is 1.31. The minimum absolute atomic E-state index is 0.0536. The summed E-state index contributed by atoms with van der Waals surface area (Å²) in [5, 5.41) is 27.4. The van der Waals surface area contributed by atoms with E-state index in [0.717, 1.165) is 0 Å². The van der Waals surface area contributed by atoms with Crippen molar-refractivity contribution in [3.63, 3.8) is 0 Å². The molecule has 0 aliphatic rings. The first-order valence-corrected chi connectivity index (χ1v) is 4.57. The van der Waals surface area contributed by atoms with Crippen LogP contribution in [0, 0.1) is 0 Å². The number of hydrogen-bond acceptors (Lipinski definition) is 3. The first-order valence-electron chi connectivity index (χ1n) is 4.57. The van der Waals surface area contributed by atoms with Gasteiger partial charge in [0.15, 0.2) is 0 Å². The second kappa shape index (κ2) is 3.94. The molecule has 3 N–H and O–H groups in total. The van der Waals surface area contributed by atoms with E-state index in [1.165, 1.54) is 32.0 Å². The molecule has 1 rings (SSSR count). The Morgan fingerprint density at radius 2 is 1.69 bits per heavy atom. The van der Waals surface area contributed by atoms with E-state index < -0.39 is 17.5 Å². The zero-order valence-corrected chi connectivity index (χ0v) is 8.89. The maximum absolute atomic E-state index is 10.9. The minimum atomic E-state index is -1.40. The molecule has 0 aromatic heterocycles. The number of aromatic carboxylic acids is 2. The van der Waals surface area contributed by atoms with Crippen LogP contribution in [0.3, 0.4) is 0 Å². The first kappa shape index (κ1) is 12.2. The fraction of sp³-hybridized carbons (Fsp3) is 0.273. The second-order valence-electron chi connectivity index (χ2n) is 3.93. The van der Waals surface area contributed by atoms with Crippen LogP contribution >= 0.6 is 0 Å². The van der Waals surface area contributed by atoms with E-state index in [0.29, 0.717) is 0 Å². The first-order chi connectivity index (χ1) is 7.23. The lowest BCUT2D eigenvalue weighted by molar-refractivity contribution is 0.0622. The van der Waals surface area contributed by atoms with E-state index >= 15 is 0 Å². The zero-order valence-electron chi connectivity index (χ0n) is 8.89. The molecule has 0 spiro atoms. The second-order valence-corrected chi connectivity index (χ2v) is 3.93. The number of aliphatic hydroxyl groups is 1. The van der Waals surface area contributed by atoms with Gasteiger partial charge in [0, 0.05) is 0 Å². The molecular formula is C11H12O5. The van der Waals surface area contributed by atoms with Gasteiger partial charge in [0.05, 0.1) is 16.7 Å². The van der Waals surface area contributed by atoms with Gasteiger partial charge < -0.3 is 15.3 Å². The Bertz CT molecular complexity index is 442. The molecule has 1 aromatic rings. The smallest absolute Gasteiger partial charge is 0.336 e. The Kier molecular flexibility index (Phi) is 3.00. The molecule has 0 radical (unpaired) electrons. The predicted molar refractivity (Wildman–Crippen MR) is 55.6 cm³/mol. The fourth-order valence-electron chi connectivity index (χ4n) is 1.37. The van der Waals surface area contributed by atoms with Crippen LogP contribution in [0.4, 0.5) is 0 Å². The third-order valence-corrected chi connectivity index (χ3v) is 2.16. The van der Waals surface area contributed by atoms with Crippen molar-refractivity contribution in [2.75, 3.05) is 0 Å². The van der Waals surface area contributed by atoms with Crippen LogP contribution in [-0.2, 0) is 5.60 Å². The molecule has 16 heavy (non-hydrogen) atoms. The Balaban J connectivity index is 3.45. The molecule has 0 bridgehead atoms. The third-order valence-electron chi connectivity index (χ3n) is 2.16. The van der Waals surface area contributed by atoms with Crippen molar-refractivity contribution < 1.29 is 24.9 Å². The van der Waals surface area contributed by atoms with Gasteiger partial charge in [-0.05, 0) is 37.6 Å². The van der Waals surface area contributed by atoms with Crippen molar-refractivity contribution in [2.45, 2.75) is 19.4 Å². The van der Waals surface area contributed by atoms with Crippen LogP contribution in [0.1, 0.15) is 40.1 Å². The Labute approximate surface area is 92.0 Å². The highest BCUT2D eigenvalue weighted by Crippen LogP contribution is 2.25. The largest absolute Gasteiger partial charge is 0.478 e. The van der Waals surface area contributed by atoms with Crippen molar-refractivity contribution >= 4 is 11.9 Å². The highest BCUT2D eigenvalue weighted by atomic mass is 16.4. The monoisotopic (exact) mass is 224 g/mol. The van der Waals surface area contributed by atoms with Crippen LogP contribution < -0.4 is 0 Å². The Hall–Kier alpha value is -1.88. The molecule has 0 unspecified atom stereocenters. The van der Waals surface area contributed by atoms with Crippen molar-refractivity contribution in [3.8, 4) is 0 Å². The fourth-order valence-corrected chi connectivity index (χ4v) is 1.37. The Morgan fingerprint density at radius 1 is 1.12 bits per heavy atom. The van der Waals surface area contributed by atoms with Gasteiger partial charge in [-0.1, -0.05) is 0 Å². The van der Waals surface area contributed by atoms with Gasteiger partial charge in [0.2, 0.25) is 0 Å². The number of benzene rings is 1. The van der Waals surface area contributed by atoms with E-state index in [1.54, 1.807) is 0 Å². The highest BCUT2D eigenvalue weighted by molar-refractivity contribution is 5.93. The van der Waals surface area contributed by atoms with E-state index in [4.69, 9.17) is 10.2 Å². The summed E-state index contributed by atoms with van der Waals surface area (Å²) in [7, 11) is 0. The Morgan fingerprint density at radius 3 is 2.06 bits per heavy atom. The summed E-state index contributed by atoms with van der Waals surface area (Å²) < 4.78 is 0. The highest BCUT2D eigenvalue weighted by Gasteiger charge is 2.24. The standard InChI is InChI=1S/C11H12O5/c1-11(2,16)8-5-6(9(12)13)3-4-7(8)10(14)15/h3-5,16H,1-2H3,(H,12,13)(H,14,15). The maximum Gasteiger partial charge on any atom is 0.336 e. The summed E-state index contributed by atoms with van der Waals surface area (Å²) in [5.41, 5.74) is -1.47. The molecule has 0 saturated carbocycles. The van der Waals surface area contributed by atoms with Gasteiger partial charge in [0.1, 0.15) is 0 Å². The zero-order chi connectivity index (χ0) is 12.5. The molecule has 0 aliphatic carbocycles. The number of carboxylic acid groups (broad SMARTS) is 2. The van der Waals surface area contributed by atoms with Crippen LogP contribution in [0.2, 0.25) is 0 Å². The number of hydrogen-bond donors (Lipinski definition) is 3. The molecule has 0 fully saturated rings. The quantitative estimate of drug-likeness (QED) is 0.719. The summed E-state index contributed by atoms with van der Waals surface area (Å²) in [6.07, 6.45) is 0. The van der Waals surface area contributed by atoms with Crippen molar-refractivity contribution in [1.82, 2.24) is 0 Å². The molecule has 86 valence electrons. The van der Waals surface area contributed by atoms with E-state index in [9.17, 15) is 14.7 Å². The summed E-state index contributed by atoms with van der Waals surface area (Å²) in [5.74, 6) is -2.36. The summed E-state index contributed by atoms with van der Waals surface area (Å²) in [6, 6.07) is 3.55. The molecule has 0 atom stereocenters. The molecule has 5 heteroatoms. The van der Waals surface area contributed by atoms with Crippen LogP contribution in [0.25, 0.3) is 0 Å².